The van der Waals surface area contributed by atoms with Gasteiger partial charge in [-0.3, -0.25) is 4.90 Å². The first-order chi connectivity index (χ1) is 9.66. The third-order valence-corrected chi connectivity index (χ3v) is 4.60. The molecule has 0 aromatic heterocycles. The number of ether oxygens (including phenoxy) is 1. The Morgan fingerprint density at radius 3 is 2.95 bits per heavy atom. The first kappa shape index (κ1) is 16.2. The average Bonchev–Trinajstić information content (AvgIpc) is 2.98. The highest BCUT2D eigenvalue weighted by atomic mass is 16.5. The predicted octanol–water partition coefficient (Wildman–Crippen LogP) is 1.63. The van der Waals surface area contributed by atoms with Crippen molar-refractivity contribution in [1.82, 2.24) is 10.2 Å². The van der Waals surface area contributed by atoms with Crippen LogP contribution in [0.3, 0.4) is 0 Å². The number of aliphatic hydroxyl groups is 1. The highest BCUT2D eigenvalue weighted by molar-refractivity contribution is 4.95. The first-order valence-corrected chi connectivity index (χ1v) is 8.40. The standard InChI is InChI=1S/C16H32N2O2/c1-13(2)5-4-10-20-12-14(19)11-17-15-7-9-18-8-3-6-16(15)18/h13-17,19H,3-12H2,1-2H3. The second-order valence-corrected chi connectivity index (χ2v) is 6.81. The van der Waals surface area contributed by atoms with Crippen LogP contribution in [-0.4, -0.2) is 61.0 Å². The quantitative estimate of drug-likeness (QED) is 0.632. The van der Waals surface area contributed by atoms with Gasteiger partial charge in [0.1, 0.15) is 0 Å². The lowest BCUT2D eigenvalue weighted by Gasteiger charge is -2.22. The number of fused-ring (bicyclic) bond motifs is 1. The van der Waals surface area contributed by atoms with Gasteiger partial charge in [-0.25, -0.2) is 0 Å². The van der Waals surface area contributed by atoms with Gasteiger partial charge < -0.3 is 15.2 Å². The smallest absolute Gasteiger partial charge is 0.0897 e. The summed E-state index contributed by atoms with van der Waals surface area (Å²) in [6.45, 7) is 8.86. The molecule has 2 aliphatic rings. The molecular weight excluding hydrogens is 252 g/mol. The average molecular weight is 284 g/mol. The molecule has 2 fully saturated rings. The fraction of sp³-hybridized carbons (Fsp3) is 1.00. The summed E-state index contributed by atoms with van der Waals surface area (Å²) in [5, 5.41) is 13.5. The molecule has 0 amide bonds. The maximum absolute atomic E-state index is 9.96. The molecule has 2 rings (SSSR count). The molecule has 0 spiro atoms. The zero-order valence-corrected chi connectivity index (χ0v) is 13.2. The van der Waals surface area contributed by atoms with Crippen molar-refractivity contribution in [3.63, 3.8) is 0 Å². The van der Waals surface area contributed by atoms with E-state index in [2.05, 4.69) is 24.1 Å². The molecule has 0 radical (unpaired) electrons. The van der Waals surface area contributed by atoms with Gasteiger partial charge in [-0.1, -0.05) is 13.8 Å². The molecule has 0 aliphatic carbocycles. The second kappa shape index (κ2) is 8.32. The Bertz CT molecular complexity index is 273. The molecule has 2 heterocycles. The van der Waals surface area contributed by atoms with Crippen LogP contribution < -0.4 is 5.32 Å². The topological polar surface area (TPSA) is 44.7 Å². The fourth-order valence-electron chi connectivity index (χ4n) is 3.48. The van der Waals surface area contributed by atoms with E-state index in [4.69, 9.17) is 4.74 Å². The van der Waals surface area contributed by atoms with Crippen LogP contribution >= 0.6 is 0 Å². The van der Waals surface area contributed by atoms with E-state index in [0.29, 0.717) is 25.2 Å². The van der Waals surface area contributed by atoms with E-state index in [0.717, 1.165) is 18.9 Å². The summed E-state index contributed by atoms with van der Waals surface area (Å²) in [5.41, 5.74) is 0. The molecule has 2 saturated heterocycles. The Hall–Kier alpha value is -0.160. The number of nitrogens with one attached hydrogen (secondary N) is 1. The lowest BCUT2D eigenvalue weighted by molar-refractivity contribution is 0.0330. The summed E-state index contributed by atoms with van der Waals surface area (Å²) in [4.78, 5) is 2.59. The van der Waals surface area contributed by atoms with Crippen molar-refractivity contribution in [3.05, 3.63) is 0 Å². The van der Waals surface area contributed by atoms with Crippen molar-refractivity contribution in [2.45, 2.75) is 64.1 Å². The van der Waals surface area contributed by atoms with Crippen LogP contribution in [0.1, 0.15) is 46.0 Å². The lowest BCUT2D eigenvalue weighted by Crippen LogP contribution is -2.43. The first-order valence-electron chi connectivity index (χ1n) is 8.40. The number of hydrogen-bond acceptors (Lipinski definition) is 4. The minimum absolute atomic E-state index is 0.371. The van der Waals surface area contributed by atoms with Crippen LogP contribution in [0.4, 0.5) is 0 Å². The van der Waals surface area contributed by atoms with Gasteiger partial charge in [0.2, 0.25) is 0 Å². The summed E-state index contributed by atoms with van der Waals surface area (Å²) in [5.74, 6) is 0.738. The van der Waals surface area contributed by atoms with Crippen LogP contribution in [0.25, 0.3) is 0 Å². The molecule has 2 N–H and O–H groups in total. The van der Waals surface area contributed by atoms with E-state index < -0.39 is 0 Å². The van der Waals surface area contributed by atoms with Crippen molar-refractivity contribution in [3.8, 4) is 0 Å². The van der Waals surface area contributed by atoms with E-state index in [9.17, 15) is 5.11 Å². The molecule has 0 aromatic carbocycles. The molecular formula is C16H32N2O2. The molecule has 2 aliphatic heterocycles. The Balaban J connectivity index is 1.51. The monoisotopic (exact) mass is 284 g/mol. The number of hydrogen-bond donors (Lipinski definition) is 2. The molecule has 4 nitrogen and oxygen atoms in total. The fourth-order valence-corrected chi connectivity index (χ4v) is 3.48. The van der Waals surface area contributed by atoms with Gasteiger partial charge in [-0.15, -0.1) is 0 Å². The molecule has 118 valence electrons. The maximum Gasteiger partial charge on any atom is 0.0897 e. The number of aliphatic hydroxyl groups excluding tert-OH is 1. The molecule has 0 bridgehead atoms. The van der Waals surface area contributed by atoms with E-state index in [1.165, 1.54) is 38.8 Å². The zero-order valence-electron chi connectivity index (χ0n) is 13.2. The SMILES string of the molecule is CC(C)CCCOCC(O)CNC1CCN2CCCC12. The summed E-state index contributed by atoms with van der Waals surface area (Å²) in [6.07, 6.45) is 5.81. The van der Waals surface area contributed by atoms with E-state index >= 15 is 0 Å². The minimum Gasteiger partial charge on any atom is -0.389 e. The Labute approximate surface area is 123 Å². The number of nitrogens with zero attached hydrogens (tertiary/aromatic N) is 1. The van der Waals surface area contributed by atoms with Crippen LogP contribution in [0.15, 0.2) is 0 Å². The zero-order chi connectivity index (χ0) is 14.4. The van der Waals surface area contributed by atoms with Crippen LogP contribution in [0.5, 0.6) is 0 Å². The van der Waals surface area contributed by atoms with Crippen LogP contribution in [0.2, 0.25) is 0 Å². The summed E-state index contributed by atoms with van der Waals surface area (Å²) >= 11 is 0. The van der Waals surface area contributed by atoms with Crippen molar-refractivity contribution in [2.75, 3.05) is 32.8 Å². The lowest BCUT2D eigenvalue weighted by atomic mass is 10.1. The van der Waals surface area contributed by atoms with Gasteiger partial charge in [0.25, 0.3) is 0 Å². The Kier molecular flexibility index (Phi) is 6.75. The number of rotatable bonds is 9. The van der Waals surface area contributed by atoms with E-state index in [1.807, 2.05) is 0 Å². The van der Waals surface area contributed by atoms with Crippen molar-refractivity contribution < 1.29 is 9.84 Å². The van der Waals surface area contributed by atoms with Crippen molar-refractivity contribution in [2.24, 2.45) is 5.92 Å². The highest BCUT2D eigenvalue weighted by Crippen LogP contribution is 2.27. The molecule has 4 heteroatoms. The Morgan fingerprint density at radius 2 is 2.15 bits per heavy atom. The van der Waals surface area contributed by atoms with Gasteiger partial charge in [0.15, 0.2) is 0 Å². The molecule has 0 aromatic rings. The third-order valence-electron chi connectivity index (χ3n) is 4.60. The van der Waals surface area contributed by atoms with Crippen molar-refractivity contribution >= 4 is 0 Å². The van der Waals surface area contributed by atoms with Crippen molar-refractivity contribution in [1.29, 1.82) is 0 Å². The van der Waals surface area contributed by atoms with Gasteiger partial charge in [0, 0.05) is 31.8 Å². The summed E-state index contributed by atoms with van der Waals surface area (Å²) < 4.78 is 5.55. The van der Waals surface area contributed by atoms with Crippen LogP contribution in [-0.2, 0) is 4.74 Å². The maximum atomic E-state index is 9.96. The second-order valence-electron chi connectivity index (χ2n) is 6.81. The van der Waals surface area contributed by atoms with Gasteiger partial charge in [0.05, 0.1) is 12.7 Å². The van der Waals surface area contributed by atoms with Gasteiger partial charge in [-0.2, -0.15) is 0 Å². The summed E-state index contributed by atoms with van der Waals surface area (Å²) in [6, 6.07) is 1.29. The minimum atomic E-state index is -0.371. The Morgan fingerprint density at radius 1 is 1.30 bits per heavy atom. The van der Waals surface area contributed by atoms with E-state index in [1.54, 1.807) is 0 Å². The predicted molar refractivity (Wildman–Crippen MR) is 81.9 cm³/mol. The molecule has 3 atom stereocenters. The third kappa shape index (κ3) is 4.99. The highest BCUT2D eigenvalue weighted by Gasteiger charge is 2.36. The van der Waals surface area contributed by atoms with Gasteiger partial charge in [-0.05, 0) is 44.6 Å². The normalized spacial score (nSPS) is 28.2. The molecule has 0 saturated carbocycles. The molecule has 20 heavy (non-hydrogen) atoms. The van der Waals surface area contributed by atoms with E-state index in [-0.39, 0.29) is 6.10 Å². The van der Waals surface area contributed by atoms with Crippen LogP contribution in [0, 0.1) is 5.92 Å². The summed E-state index contributed by atoms with van der Waals surface area (Å²) in [7, 11) is 0. The largest absolute Gasteiger partial charge is 0.389 e. The molecule has 3 unspecified atom stereocenters. The van der Waals surface area contributed by atoms with Gasteiger partial charge >= 0.3 is 0 Å².